The van der Waals surface area contributed by atoms with Crippen LogP contribution in [0.1, 0.15) is 95.6 Å². The predicted octanol–water partition coefficient (Wildman–Crippen LogP) is 4.49. The van der Waals surface area contributed by atoms with Gasteiger partial charge in [-0.15, -0.1) is 0 Å². The van der Waals surface area contributed by atoms with Crippen molar-refractivity contribution in [3.05, 3.63) is 56.6 Å². The lowest BCUT2D eigenvalue weighted by atomic mass is 9.80. The van der Waals surface area contributed by atoms with Crippen LogP contribution in [0.15, 0.2) is 22.1 Å². The highest BCUT2D eigenvalue weighted by Gasteiger charge is 2.28. The van der Waals surface area contributed by atoms with Crippen LogP contribution in [0.25, 0.3) is 0 Å². The van der Waals surface area contributed by atoms with Gasteiger partial charge in [0.2, 0.25) is 0 Å². The van der Waals surface area contributed by atoms with Crippen LogP contribution in [0.5, 0.6) is 11.5 Å². The first-order valence-corrected chi connectivity index (χ1v) is 14.0. The van der Waals surface area contributed by atoms with E-state index in [1.807, 2.05) is 12.1 Å². The van der Waals surface area contributed by atoms with E-state index in [-0.39, 0.29) is 33.5 Å². The van der Waals surface area contributed by atoms with Gasteiger partial charge in [-0.05, 0) is 34.1 Å². The van der Waals surface area contributed by atoms with E-state index < -0.39 is 0 Å². The van der Waals surface area contributed by atoms with E-state index in [1.165, 1.54) is 0 Å². The molecule has 2 aromatic carbocycles. The average Bonchev–Trinajstić information content (AvgIpc) is 2.88. The zero-order valence-electron chi connectivity index (χ0n) is 24.6. The van der Waals surface area contributed by atoms with E-state index in [4.69, 9.17) is 0 Å². The minimum atomic E-state index is -0.266. The second-order valence-corrected chi connectivity index (χ2v) is 12.9. The molecule has 6 aliphatic heterocycles. The Bertz CT molecular complexity index is 1240. The molecule has 0 radical (unpaired) electrons. The zero-order chi connectivity index (χ0) is 29.2. The Hall–Kier alpha value is -3.36. The lowest BCUT2D eigenvalue weighted by molar-refractivity contribution is 0.110. The van der Waals surface area contributed by atoms with Gasteiger partial charge in [-0.25, -0.2) is 0 Å². The molecule has 0 saturated carbocycles. The van der Waals surface area contributed by atoms with E-state index in [9.17, 15) is 19.8 Å². The number of fused-ring (bicyclic) bond motifs is 1. The van der Waals surface area contributed by atoms with Crippen molar-refractivity contribution in [3.8, 4) is 11.5 Å². The molecule has 8 heteroatoms. The Morgan fingerprint density at radius 3 is 1.32 bits per heavy atom. The molecule has 2 N–H and O–H groups in total. The summed E-state index contributed by atoms with van der Waals surface area (Å²) in [6.07, 6.45) is 4.78. The molecule has 214 valence electrons. The average molecular weight is 547 g/mol. The number of nitrogens with zero attached hydrogens (tertiary/aromatic N) is 4. The molecule has 6 aliphatic rings. The molecule has 0 unspecified atom stereocenters. The Morgan fingerprint density at radius 1 is 0.675 bits per heavy atom. The van der Waals surface area contributed by atoms with Crippen LogP contribution in [0, 0.1) is 0 Å². The fraction of sp³-hybridized carbons (Fsp3) is 0.500. The molecule has 6 bridgehead atoms. The second-order valence-electron chi connectivity index (χ2n) is 12.9. The van der Waals surface area contributed by atoms with Crippen molar-refractivity contribution in [1.82, 2.24) is 9.80 Å². The van der Waals surface area contributed by atoms with Gasteiger partial charge in [0, 0.05) is 74.0 Å². The molecular formula is C32H42N4O4. The fourth-order valence-electron chi connectivity index (χ4n) is 5.55. The molecule has 8 rings (SSSR count). The summed E-state index contributed by atoms with van der Waals surface area (Å²) in [6.45, 7) is 17.4. The molecule has 0 aliphatic carbocycles. The lowest BCUT2D eigenvalue weighted by Gasteiger charge is -2.36. The van der Waals surface area contributed by atoms with Crippen LogP contribution in [-0.2, 0) is 23.9 Å². The molecule has 0 spiro atoms. The van der Waals surface area contributed by atoms with Crippen LogP contribution >= 0.6 is 0 Å². The van der Waals surface area contributed by atoms with Crippen molar-refractivity contribution < 1.29 is 19.8 Å². The summed E-state index contributed by atoms with van der Waals surface area (Å²) in [5.74, 6) is 0.0275. The van der Waals surface area contributed by atoms with Crippen molar-refractivity contribution in [3.63, 3.8) is 0 Å². The summed E-state index contributed by atoms with van der Waals surface area (Å²) < 4.78 is 0. The van der Waals surface area contributed by atoms with Crippen LogP contribution in [-0.4, -0.2) is 84.3 Å². The van der Waals surface area contributed by atoms with Crippen LogP contribution in [0.4, 0.5) is 0 Å². The van der Waals surface area contributed by atoms with Gasteiger partial charge in [-0.3, -0.25) is 29.4 Å². The molecule has 1 saturated heterocycles. The Labute approximate surface area is 237 Å². The predicted molar refractivity (Wildman–Crippen MR) is 160 cm³/mol. The number of aliphatic imine (C=N–C) groups is 2. The topological polar surface area (TPSA) is 106 Å². The number of benzene rings is 2. The third kappa shape index (κ3) is 6.18. The summed E-state index contributed by atoms with van der Waals surface area (Å²) in [6, 6.07) is 4.03. The first kappa shape index (κ1) is 29.6. The van der Waals surface area contributed by atoms with E-state index in [0.29, 0.717) is 37.3 Å². The van der Waals surface area contributed by atoms with E-state index >= 15 is 0 Å². The Morgan fingerprint density at radius 2 is 1.02 bits per heavy atom. The Balaban J connectivity index is 1.83. The van der Waals surface area contributed by atoms with Gasteiger partial charge < -0.3 is 10.2 Å². The monoisotopic (exact) mass is 546 g/mol. The van der Waals surface area contributed by atoms with Gasteiger partial charge in [0.1, 0.15) is 11.5 Å². The molecule has 0 atom stereocenters. The summed E-state index contributed by atoms with van der Waals surface area (Å²) in [4.78, 5) is 38.1. The molecule has 2 aromatic rings. The van der Waals surface area contributed by atoms with Gasteiger partial charge in [0.25, 0.3) is 0 Å². The number of aromatic hydroxyl groups is 2. The number of hydrogen-bond donors (Lipinski definition) is 2. The molecular weight excluding hydrogens is 504 g/mol. The van der Waals surface area contributed by atoms with Gasteiger partial charge in [0.15, 0.2) is 12.6 Å². The standard InChI is InChI=1S/C32H42N4O4/c1-31(2,3)27-13-21-17-35-9-11-36(12-10-35)18-22-14-28(32(4,5)6)24(26(20-38)30(22)40)16-34-8-7-33-15-23(27)25(19-37)29(21)39/h13-16,19-20,39-40H,7-12,17-18H2,1-6H3. The number of carbonyl (C=O) groups excluding carboxylic acids is 2. The van der Waals surface area contributed by atoms with Crippen LogP contribution in [0.2, 0.25) is 0 Å². The number of carbonyl (C=O) groups is 2. The minimum absolute atomic E-state index is 0.0138. The highest BCUT2D eigenvalue weighted by Crippen LogP contribution is 2.36. The molecule has 0 amide bonds. The number of aldehydes is 2. The highest BCUT2D eigenvalue weighted by molar-refractivity contribution is 5.98. The zero-order valence-corrected chi connectivity index (χ0v) is 24.6. The van der Waals surface area contributed by atoms with Crippen LogP contribution < -0.4 is 0 Å². The van der Waals surface area contributed by atoms with Crippen molar-refractivity contribution in [1.29, 1.82) is 0 Å². The van der Waals surface area contributed by atoms with Gasteiger partial charge in [-0.1, -0.05) is 41.5 Å². The van der Waals surface area contributed by atoms with Crippen molar-refractivity contribution >= 4 is 25.0 Å². The van der Waals surface area contributed by atoms with E-state index in [0.717, 1.165) is 61.0 Å². The molecule has 40 heavy (non-hydrogen) atoms. The summed E-state index contributed by atoms with van der Waals surface area (Å²) in [7, 11) is 0. The normalized spacial score (nSPS) is 20.1. The minimum Gasteiger partial charge on any atom is -0.507 e. The molecule has 0 aromatic heterocycles. The van der Waals surface area contributed by atoms with E-state index in [1.54, 1.807) is 12.4 Å². The van der Waals surface area contributed by atoms with Gasteiger partial charge in [-0.2, -0.15) is 0 Å². The third-order valence-electron chi connectivity index (χ3n) is 7.82. The lowest BCUT2D eigenvalue weighted by Crippen LogP contribution is -2.45. The molecule has 8 nitrogen and oxygen atoms in total. The highest BCUT2D eigenvalue weighted by atomic mass is 16.3. The quantitative estimate of drug-likeness (QED) is 0.538. The number of piperazine rings is 1. The van der Waals surface area contributed by atoms with Crippen molar-refractivity contribution in [2.75, 3.05) is 39.3 Å². The largest absolute Gasteiger partial charge is 0.507 e. The first-order valence-electron chi connectivity index (χ1n) is 14.0. The first-order chi connectivity index (χ1) is 18.8. The fourth-order valence-corrected chi connectivity index (χ4v) is 5.55. The number of hydrogen-bond acceptors (Lipinski definition) is 8. The van der Waals surface area contributed by atoms with Crippen molar-refractivity contribution in [2.45, 2.75) is 65.5 Å². The van der Waals surface area contributed by atoms with Gasteiger partial charge >= 0.3 is 0 Å². The van der Waals surface area contributed by atoms with Gasteiger partial charge in [0.05, 0.1) is 24.2 Å². The Kier molecular flexibility index (Phi) is 8.61. The smallest absolute Gasteiger partial charge is 0.154 e. The number of phenolic OH excluding ortho intramolecular Hbond substituents is 2. The molecule has 1 fully saturated rings. The van der Waals surface area contributed by atoms with Crippen LogP contribution in [0.3, 0.4) is 0 Å². The summed E-state index contributed by atoms with van der Waals surface area (Å²) in [5, 5.41) is 22.2. The van der Waals surface area contributed by atoms with E-state index in [2.05, 4.69) is 61.3 Å². The maximum absolute atomic E-state index is 12.2. The maximum atomic E-state index is 12.2. The molecule has 6 heterocycles. The SMILES string of the molecule is CC(C)(C)c1cc2c(O)c(C=O)c1C=NCCN=Cc1c(C(C)(C)C)cc(c(O)c1C=O)CN1CCN(CC1)C2. The number of rotatable bonds is 2. The summed E-state index contributed by atoms with van der Waals surface area (Å²) in [5.41, 5.74) is 4.65. The second kappa shape index (κ2) is 11.6. The van der Waals surface area contributed by atoms with Crippen molar-refractivity contribution in [2.24, 2.45) is 9.98 Å². The maximum Gasteiger partial charge on any atom is 0.154 e. The number of phenols is 2. The summed E-state index contributed by atoms with van der Waals surface area (Å²) >= 11 is 0. The third-order valence-corrected chi connectivity index (χ3v) is 7.82.